The molecule has 4 heteroatoms. The molecular weight excluding hydrogens is 496 g/mol. The summed E-state index contributed by atoms with van der Waals surface area (Å²) < 4.78 is 0. The molecule has 0 aromatic rings. The Morgan fingerprint density at radius 2 is 1.00 bits per heavy atom. The fourth-order valence-electron chi connectivity index (χ4n) is 6.67. The molecule has 0 amide bonds. The van der Waals surface area contributed by atoms with Crippen LogP contribution in [0.25, 0.3) is 0 Å². The predicted octanol–water partition coefficient (Wildman–Crippen LogP) is 11.1. The molecule has 0 aromatic heterocycles. The molecule has 40 heavy (non-hydrogen) atoms. The van der Waals surface area contributed by atoms with Crippen molar-refractivity contribution in [3.05, 3.63) is 24.3 Å². The largest absolute Gasteiger partial charge is 0.481 e. The highest BCUT2D eigenvalue weighted by atomic mass is 16.4. The zero-order valence-corrected chi connectivity index (χ0v) is 26.3. The monoisotopic (exact) mass is 560 g/mol. The van der Waals surface area contributed by atoms with Gasteiger partial charge in [0.2, 0.25) is 0 Å². The first-order chi connectivity index (χ1) is 19.5. The molecule has 0 bridgehead atoms. The van der Waals surface area contributed by atoms with Gasteiger partial charge in [0.05, 0.1) is 0 Å². The molecule has 0 aromatic carbocycles. The van der Waals surface area contributed by atoms with Crippen molar-refractivity contribution in [3.63, 3.8) is 0 Å². The first kappa shape index (κ1) is 36.4. The third kappa shape index (κ3) is 18.7. The van der Waals surface area contributed by atoms with Gasteiger partial charge in [0.1, 0.15) is 0 Å². The average Bonchev–Trinajstić information content (AvgIpc) is 2.92. The second-order valence-corrected chi connectivity index (χ2v) is 12.5. The van der Waals surface area contributed by atoms with E-state index in [1.165, 1.54) is 103 Å². The second kappa shape index (κ2) is 25.2. The third-order valence-corrected chi connectivity index (χ3v) is 9.05. The summed E-state index contributed by atoms with van der Waals surface area (Å²) in [5, 5.41) is 17.8. The molecule has 0 spiro atoms. The molecule has 0 saturated carbocycles. The van der Waals surface area contributed by atoms with E-state index in [0.717, 1.165) is 50.4 Å². The van der Waals surface area contributed by atoms with E-state index in [9.17, 15) is 9.59 Å². The quantitative estimate of drug-likeness (QED) is 0.0774. The predicted molar refractivity (Wildman–Crippen MR) is 170 cm³/mol. The van der Waals surface area contributed by atoms with Crippen LogP contribution in [0.3, 0.4) is 0 Å². The maximum Gasteiger partial charge on any atom is 0.303 e. The summed E-state index contributed by atoms with van der Waals surface area (Å²) in [5.41, 5.74) is 0. The normalized spacial score (nSPS) is 20.9. The van der Waals surface area contributed by atoms with E-state index in [4.69, 9.17) is 10.2 Å². The summed E-state index contributed by atoms with van der Waals surface area (Å²) in [6, 6.07) is 0. The number of rotatable bonds is 27. The minimum atomic E-state index is -0.674. The Hall–Kier alpha value is -1.58. The Labute approximate surface area is 247 Å². The van der Waals surface area contributed by atoms with Crippen LogP contribution in [0.2, 0.25) is 0 Å². The van der Waals surface area contributed by atoms with Crippen LogP contribution in [0.15, 0.2) is 24.3 Å². The third-order valence-electron chi connectivity index (χ3n) is 9.05. The number of aliphatic carboxylic acids is 2. The molecule has 0 fully saturated rings. The standard InChI is InChI=1S/C36H64O4/c1-3-5-7-9-13-19-25-33-31(23-17-8-6-4-2)29-30-32(24-18-12-10-15-21-27-35(37)38)34(33)26-20-14-11-16-22-28-36(39)40/h13,19,29-34H,3-12,14-18,20-28H2,1-2H3,(H,37,38)(H,39,40)/b19-13+. The molecule has 0 saturated heterocycles. The van der Waals surface area contributed by atoms with Crippen LogP contribution in [-0.2, 0) is 9.59 Å². The van der Waals surface area contributed by atoms with Gasteiger partial charge in [-0.3, -0.25) is 9.59 Å². The molecular formula is C36H64O4. The van der Waals surface area contributed by atoms with Gasteiger partial charge in [-0.2, -0.15) is 0 Å². The van der Waals surface area contributed by atoms with Gasteiger partial charge in [-0.25, -0.2) is 0 Å². The van der Waals surface area contributed by atoms with Crippen LogP contribution < -0.4 is 0 Å². The van der Waals surface area contributed by atoms with Crippen LogP contribution in [0, 0.1) is 23.7 Å². The Morgan fingerprint density at radius 3 is 1.55 bits per heavy atom. The van der Waals surface area contributed by atoms with Crippen molar-refractivity contribution < 1.29 is 19.8 Å². The van der Waals surface area contributed by atoms with Gasteiger partial charge in [0.15, 0.2) is 0 Å². The second-order valence-electron chi connectivity index (χ2n) is 12.5. The number of unbranched alkanes of at least 4 members (excludes halogenated alkanes) is 14. The lowest BCUT2D eigenvalue weighted by molar-refractivity contribution is -0.138. The molecule has 2 N–H and O–H groups in total. The van der Waals surface area contributed by atoms with Crippen molar-refractivity contribution in [1.82, 2.24) is 0 Å². The van der Waals surface area contributed by atoms with Gasteiger partial charge in [-0.1, -0.05) is 128 Å². The molecule has 232 valence electrons. The molecule has 1 rings (SSSR count). The topological polar surface area (TPSA) is 74.6 Å². The summed E-state index contributed by atoms with van der Waals surface area (Å²) >= 11 is 0. The van der Waals surface area contributed by atoms with E-state index in [-0.39, 0.29) is 0 Å². The van der Waals surface area contributed by atoms with Crippen molar-refractivity contribution in [2.75, 3.05) is 0 Å². The number of carboxylic acids is 2. The van der Waals surface area contributed by atoms with Crippen molar-refractivity contribution in [2.45, 2.75) is 168 Å². The Kier molecular flexibility index (Phi) is 22.9. The van der Waals surface area contributed by atoms with Gasteiger partial charge in [-0.15, -0.1) is 0 Å². The number of hydrogen-bond donors (Lipinski definition) is 2. The molecule has 4 unspecified atom stereocenters. The van der Waals surface area contributed by atoms with Crippen LogP contribution in [-0.4, -0.2) is 22.2 Å². The maximum atomic E-state index is 10.8. The van der Waals surface area contributed by atoms with Gasteiger partial charge in [-0.05, 0) is 75.0 Å². The number of hydrogen-bond acceptors (Lipinski definition) is 2. The highest BCUT2D eigenvalue weighted by molar-refractivity contribution is 5.66. The molecule has 0 aliphatic heterocycles. The molecule has 1 aliphatic carbocycles. The summed E-state index contributed by atoms with van der Waals surface area (Å²) in [7, 11) is 0. The Bertz CT molecular complexity index is 682. The lowest BCUT2D eigenvalue weighted by Crippen LogP contribution is -2.31. The van der Waals surface area contributed by atoms with Crippen LogP contribution in [0.5, 0.6) is 0 Å². The number of allylic oxidation sites excluding steroid dienone is 4. The van der Waals surface area contributed by atoms with Gasteiger partial charge >= 0.3 is 11.9 Å². The summed E-state index contributed by atoms with van der Waals surface area (Å²) in [6.45, 7) is 4.56. The smallest absolute Gasteiger partial charge is 0.303 e. The van der Waals surface area contributed by atoms with Crippen molar-refractivity contribution in [3.8, 4) is 0 Å². The van der Waals surface area contributed by atoms with Crippen LogP contribution in [0.4, 0.5) is 0 Å². The van der Waals surface area contributed by atoms with E-state index in [1.807, 2.05) is 0 Å². The van der Waals surface area contributed by atoms with Crippen molar-refractivity contribution in [1.29, 1.82) is 0 Å². The SMILES string of the molecule is CCCCC/C=C/CC1C(CCCCCC)C=CC(CCCCCCCC(=O)O)C1CCCCCCCC(=O)O. The zero-order valence-electron chi connectivity index (χ0n) is 26.3. The molecule has 4 nitrogen and oxygen atoms in total. The number of carboxylic acid groups (broad SMARTS) is 2. The average molecular weight is 561 g/mol. The van der Waals surface area contributed by atoms with Crippen LogP contribution >= 0.6 is 0 Å². The van der Waals surface area contributed by atoms with Gasteiger partial charge < -0.3 is 10.2 Å². The Morgan fingerprint density at radius 1 is 0.550 bits per heavy atom. The maximum absolute atomic E-state index is 10.8. The fraction of sp³-hybridized carbons (Fsp3) is 0.833. The van der Waals surface area contributed by atoms with Crippen molar-refractivity contribution >= 4 is 11.9 Å². The van der Waals surface area contributed by atoms with Gasteiger partial charge in [0, 0.05) is 12.8 Å². The summed E-state index contributed by atoms with van der Waals surface area (Å²) in [5.74, 6) is 1.50. The van der Waals surface area contributed by atoms with E-state index >= 15 is 0 Å². The first-order valence-corrected chi connectivity index (χ1v) is 17.3. The highest BCUT2D eigenvalue weighted by Crippen LogP contribution is 2.44. The zero-order chi connectivity index (χ0) is 29.3. The molecule has 0 heterocycles. The first-order valence-electron chi connectivity index (χ1n) is 17.3. The van der Waals surface area contributed by atoms with Crippen molar-refractivity contribution in [2.24, 2.45) is 23.7 Å². The summed E-state index contributed by atoms with van der Waals surface area (Å²) in [4.78, 5) is 21.6. The van der Waals surface area contributed by atoms with E-state index in [0.29, 0.717) is 24.7 Å². The summed E-state index contributed by atoms with van der Waals surface area (Å²) in [6.07, 6.45) is 37.2. The highest BCUT2D eigenvalue weighted by Gasteiger charge is 2.34. The van der Waals surface area contributed by atoms with Gasteiger partial charge in [0.25, 0.3) is 0 Å². The lowest BCUT2D eigenvalue weighted by atomic mass is 9.65. The lowest BCUT2D eigenvalue weighted by Gasteiger charge is -2.40. The molecule has 4 atom stereocenters. The minimum Gasteiger partial charge on any atom is -0.481 e. The fourth-order valence-corrected chi connectivity index (χ4v) is 6.67. The number of carbonyl (C=O) groups is 2. The van der Waals surface area contributed by atoms with E-state index in [1.54, 1.807) is 0 Å². The molecule has 1 aliphatic rings. The Balaban J connectivity index is 2.78. The van der Waals surface area contributed by atoms with E-state index < -0.39 is 11.9 Å². The molecule has 0 radical (unpaired) electrons. The minimum absolute atomic E-state index is 0.303. The van der Waals surface area contributed by atoms with E-state index in [2.05, 4.69) is 38.2 Å². The van der Waals surface area contributed by atoms with Crippen LogP contribution in [0.1, 0.15) is 168 Å².